The van der Waals surface area contributed by atoms with Gasteiger partial charge in [0, 0.05) is 12.1 Å². The van der Waals surface area contributed by atoms with Crippen molar-refractivity contribution < 1.29 is 9.66 Å². The largest absolute Gasteiger partial charge is 0.493 e. The number of nitro groups is 1. The second-order valence-corrected chi connectivity index (χ2v) is 5.45. The van der Waals surface area contributed by atoms with Crippen LogP contribution in [0, 0.1) is 21.4 Å². The minimum absolute atomic E-state index is 0.0449. The lowest BCUT2D eigenvalue weighted by Gasteiger charge is -2.06. The van der Waals surface area contributed by atoms with Crippen LogP contribution in [0.5, 0.6) is 5.75 Å². The molecule has 5 nitrogen and oxygen atoms in total. The zero-order valence-corrected chi connectivity index (χ0v) is 13.9. The van der Waals surface area contributed by atoms with Gasteiger partial charge in [0.15, 0.2) is 0 Å². The molecule has 2 rings (SSSR count). The van der Waals surface area contributed by atoms with Gasteiger partial charge in [0.2, 0.25) is 0 Å². The van der Waals surface area contributed by atoms with Gasteiger partial charge in [-0.25, -0.2) is 0 Å². The first-order valence-corrected chi connectivity index (χ1v) is 7.63. The van der Waals surface area contributed by atoms with Gasteiger partial charge in [-0.3, -0.25) is 10.1 Å². The highest BCUT2D eigenvalue weighted by molar-refractivity contribution is 9.10. The summed E-state index contributed by atoms with van der Waals surface area (Å²) in [6.07, 6.45) is 1.68. The van der Waals surface area contributed by atoms with Crippen molar-refractivity contribution in [3.8, 4) is 11.8 Å². The Balaban J connectivity index is 2.39. The van der Waals surface area contributed by atoms with Crippen LogP contribution in [-0.4, -0.2) is 11.5 Å². The topological polar surface area (TPSA) is 76.2 Å². The molecule has 0 aliphatic heterocycles. The van der Waals surface area contributed by atoms with Crippen LogP contribution >= 0.6 is 15.9 Å². The number of nitriles is 1. The van der Waals surface area contributed by atoms with Crippen molar-refractivity contribution in [2.45, 2.75) is 6.92 Å². The summed E-state index contributed by atoms with van der Waals surface area (Å²) in [4.78, 5) is 10.4. The lowest BCUT2D eigenvalue weighted by atomic mass is 10.0. The van der Waals surface area contributed by atoms with E-state index in [1.807, 2.05) is 25.1 Å². The van der Waals surface area contributed by atoms with E-state index in [1.54, 1.807) is 18.2 Å². The number of rotatable bonds is 5. The Hall–Kier alpha value is -2.65. The van der Waals surface area contributed by atoms with Gasteiger partial charge in [-0.05, 0) is 52.2 Å². The molecule has 2 aromatic rings. The average molecular weight is 373 g/mol. The Morgan fingerprint density at radius 3 is 2.78 bits per heavy atom. The second kappa shape index (κ2) is 7.56. The highest BCUT2D eigenvalue weighted by Crippen LogP contribution is 2.28. The number of halogens is 1. The van der Waals surface area contributed by atoms with E-state index in [4.69, 9.17) is 4.74 Å². The zero-order chi connectivity index (χ0) is 16.8. The van der Waals surface area contributed by atoms with Crippen LogP contribution in [0.15, 0.2) is 46.9 Å². The molecule has 116 valence electrons. The summed E-state index contributed by atoms with van der Waals surface area (Å²) in [5.41, 5.74) is 1.61. The molecular formula is C17H13BrN2O3. The monoisotopic (exact) mass is 372 g/mol. The van der Waals surface area contributed by atoms with Gasteiger partial charge in [-0.2, -0.15) is 5.26 Å². The maximum atomic E-state index is 10.8. The number of hydrogen-bond acceptors (Lipinski definition) is 4. The van der Waals surface area contributed by atoms with Crippen molar-refractivity contribution in [2.24, 2.45) is 0 Å². The van der Waals surface area contributed by atoms with Crippen molar-refractivity contribution in [2.75, 3.05) is 6.61 Å². The standard InChI is InChI=1S/C17H13BrN2O3/c1-2-23-17-7-6-12(9-16(17)18)8-14(11-19)13-4-3-5-15(10-13)20(21)22/h3-10H,2H2,1H3. The normalized spacial score (nSPS) is 10.9. The molecule has 0 radical (unpaired) electrons. The Morgan fingerprint density at radius 2 is 2.17 bits per heavy atom. The maximum Gasteiger partial charge on any atom is 0.270 e. The van der Waals surface area contributed by atoms with Crippen LogP contribution in [0.4, 0.5) is 5.69 Å². The van der Waals surface area contributed by atoms with Gasteiger partial charge >= 0.3 is 0 Å². The highest BCUT2D eigenvalue weighted by Gasteiger charge is 2.09. The SMILES string of the molecule is CCOc1ccc(C=C(C#N)c2cccc([N+](=O)[O-])c2)cc1Br. The molecule has 0 heterocycles. The van der Waals surface area contributed by atoms with Crippen LogP contribution in [-0.2, 0) is 0 Å². The minimum atomic E-state index is -0.480. The average Bonchev–Trinajstić information content (AvgIpc) is 2.55. The van der Waals surface area contributed by atoms with E-state index in [0.29, 0.717) is 17.7 Å². The molecule has 0 saturated heterocycles. The molecule has 0 fully saturated rings. The van der Waals surface area contributed by atoms with Crippen molar-refractivity contribution in [3.05, 3.63) is 68.2 Å². The van der Waals surface area contributed by atoms with Gasteiger partial charge in [0.25, 0.3) is 5.69 Å². The van der Waals surface area contributed by atoms with E-state index in [1.165, 1.54) is 12.1 Å². The van der Waals surface area contributed by atoms with Crippen molar-refractivity contribution in [3.63, 3.8) is 0 Å². The van der Waals surface area contributed by atoms with Crippen LogP contribution in [0.1, 0.15) is 18.1 Å². The fourth-order valence-electron chi connectivity index (χ4n) is 2.01. The quantitative estimate of drug-likeness (QED) is 0.326. The maximum absolute atomic E-state index is 10.8. The van der Waals surface area contributed by atoms with Gasteiger partial charge in [0.05, 0.1) is 27.6 Å². The molecule has 6 heteroatoms. The lowest BCUT2D eigenvalue weighted by Crippen LogP contribution is -1.92. The first-order chi connectivity index (χ1) is 11.0. The molecule has 23 heavy (non-hydrogen) atoms. The lowest BCUT2D eigenvalue weighted by molar-refractivity contribution is -0.384. The number of allylic oxidation sites excluding steroid dienone is 1. The van der Waals surface area contributed by atoms with Crippen LogP contribution in [0.25, 0.3) is 11.6 Å². The number of nitro benzene ring substituents is 1. The van der Waals surface area contributed by atoms with E-state index in [-0.39, 0.29) is 5.69 Å². The molecular weight excluding hydrogens is 360 g/mol. The molecule has 0 spiro atoms. The third kappa shape index (κ3) is 4.18. The van der Waals surface area contributed by atoms with Crippen LogP contribution in [0.3, 0.4) is 0 Å². The summed E-state index contributed by atoms with van der Waals surface area (Å²) < 4.78 is 6.22. The van der Waals surface area contributed by atoms with E-state index in [2.05, 4.69) is 22.0 Å². The number of benzene rings is 2. The van der Waals surface area contributed by atoms with Crippen molar-refractivity contribution in [1.82, 2.24) is 0 Å². The molecule has 0 amide bonds. The van der Waals surface area contributed by atoms with Gasteiger partial charge in [-0.1, -0.05) is 18.2 Å². The summed E-state index contributed by atoms with van der Waals surface area (Å²) in [5, 5.41) is 20.2. The third-order valence-corrected chi connectivity index (χ3v) is 3.67. The summed E-state index contributed by atoms with van der Waals surface area (Å²) in [5.74, 6) is 0.721. The van der Waals surface area contributed by atoms with Crippen LogP contribution < -0.4 is 4.74 Å². The Kier molecular flexibility index (Phi) is 5.50. The van der Waals surface area contributed by atoms with Crippen molar-refractivity contribution in [1.29, 1.82) is 5.26 Å². The number of nitrogens with zero attached hydrogens (tertiary/aromatic N) is 2. The molecule has 2 aromatic carbocycles. The van der Waals surface area contributed by atoms with Gasteiger partial charge in [0.1, 0.15) is 5.75 Å². The van der Waals surface area contributed by atoms with Crippen LogP contribution in [0.2, 0.25) is 0 Å². The first kappa shape index (κ1) is 16.7. The van der Waals surface area contributed by atoms with E-state index in [0.717, 1.165) is 15.8 Å². The summed E-state index contributed by atoms with van der Waals surface area (Å²) in [7, 11) is 0. The number of ether oxygens (including phenoxy) is 1. The van der Waals surface area contributed by atoms with Gasteiger partial charge in [-0.15, -0.1) is 0 Å². The number of non-ortho nitro benzene ring substituents is 1. The zero-order valence-electron chi connectivity index (χ0n) is 12.3. The Bertz CT molecular complexity index is 810. The molecule has 0 unspecified atom stereocenters. The minimum Gasteiger partial charge on any atom is -0.493 e. The Labute approximate surface area is 142 Å². The highest BCUT2D eigenvalue weighted by atomic mass is 79.9. The summed E-state index contributed by atoms with van der Waals surface area (Å²) in [6.45, 7) is 2.46. The summed E-state index contributed by atoms with van der Waals surface area (Å²) in [6, 6.07) is 13.6. The molecule has 0 atom stereocenters. The Morgan fingerprint density at radius 1 is 1.39 bits per heavy atom. The van der Waals surface area contributed by atoms with E-state index >= 15 is 0 Å². The molecule has 0 bridgehead atoms. The molecule has 0 aliphatic rings. The predicted molar refractivity (Wildman–Crippen MR) is 91.9 cm³/mol. The van der Waals surface area contributed by atoms with Gasteiger partial charge < -0.3 is 4.74 Å². The second-order valence-electron chi connectivity index (χ2n) is 4.60. The van der Waals surface area contributed by atoms with E-state index < -0.39 is 4.92 Å². The smallest absolute Gasteiger partial charge is 0.270 e. The number of hydrogen-bond donors (Lipinski definition) is 0. The molecule has 0 N–H and O–H groups in total. The fraction of sp³-hybridized carbons (Fsp3) is 0.118. The fourth-order valence-corrected chi connectivity index (χ4v) is 2.52. The van der Waals surface area contributed by atoms with E-state index in [9.17, 15) is 15.4 Å². The summed E-state index contributed by atoms with van der Waals surface area (Å²) >= 11 is 3.42. The first-order valence-electron chi connectivity index (χ1n) is 6.84. The molecule has 0 aromatic heterocycles. The molecule has 0 aliphatic carbocycles. The predicted octanol–water partition coefficient (Wildman–Crippen LogP) is 4.82. The van der Waals surface area contributed by atoms with Crippen molar-refractivity contribution >= 4 is 33.3 Å². The molecule has 0 saturated carbocycles. The third-order valence-electron chi connectivity index (χ3n) is 3.06.